The molecular weight excluding hydrogens is 396 g/mol. The van der Waals surface area contributed by atoms with Gasteiger partial charge in [0.1, 0.15) is 0 Å². The average molecular weight is 425 g/mol. The summed E-state index contributed by atoms with van der Waals surface area (Å²) in [6.45, 7) is 4.15. The van der Waals surface area contributed by atoms with E-state index in [0.717, 1.165) is 19.3 Å². The third kappa shape index (κ3) is 5.77. The van der Waals surface area contributed by atoms with E-state index in [1.165, 1.54) is 16.4 Å². The second-order valence-electron chi connectivity index (χ2n) is 7.47. The van der Waals surface area contributed by atoms with Gasteiger partial charge in [-0.1, -0.05) is 18.6 Å². The largest absolute Gasteiger partial charge is 0.455 e. The Hall–Kier alpha value is -1.97. The van der Waals surface area contributed by atoms with Crippen LogP contribution in [0.2, 0.25) is 0 Å². The van der Waals surface area contributed by atoms with Crippen LogP contribution < -0.4 is 0 Å². The van der Waals surface area contributed by atoms with E-state index in [-0.39, 0.29) is 29.9 Å². The maximum atomic E-state index is 12.7. The second-order valence-corrected chi connectivity index (χ2v) is 9.41. The summed E-state index contributed by atoms with van der Waals surface area (Å²) in [6, 6.07) is 6.27. The molecule has 1 atom stereocenters. The Morgan fingerprint density at radius 3 is 2.45 bits per heavy atom. The minimum atomic E-state index is -3.49. The summed E-state index contributed by atoms with van der Waals surface area (Å²) in [7, 11) is -3.49. The smallest absolute Gasteiger partial charge is 0.310 e. The number of ether oxygens (including phenoxy) is 2. The van der Waals surface area contributed by atoms with Gasteiger partial charge in [-0.2, -0.15) is 4.31 Å². The maximum absolute atomic E-state index is 12.7. The lowest BCUT2D eigenvalue weighted by Crippen LogP contribution is -2.46. The van der Waals surface area contributed by atoms with Gasteiger partial charge in [0.25, 0.3) is 5.91 Å². The van der Waals surface area contributed by atoms with Crippen LogP contribution in [0.5, 0.6) is 0 Å². The van der Waals surface area contributed by atoms with E-state index in [4.69, 9.17) is 9.47 Å². The first-order valence-corrected chi connectivity index (χ1v) is 11.4. The van der Waals surface area contributed by atoms with Crippen LogP contribution in [0.3, 0.4) is 0 Å². The quantitative estimate of drug-likeness (QED) is 0.637. The molecule has 1 aromatic rings. The summed E-state index contributed by atoms with van der Waals surface area (Å²) in [6.07, 6.45) is 2.77. The molecule has 0 aliphatic carbocycles. The van der Waals surface area contributed by atoms with Crippen molar-refractivity contribution in [2.24, 2.45) is 0 Å². The van der Waals surface area contributed by atoms with Crippen molar-refractivity contribution >= 4 is 21.9 Å². The van der Waals surface area contributed by atoms with Gasteiger partial charge in [0.2, 0.25) is 10.0 Å². The molecule has 8 nitrogen and oxygen atoms in total. The molecule has 2 heterocycles. The average Bonchev–Trinajstić information content (AvgIpc) is 2.73. The number of piperidine rings is 1. The number of benzene rings is 1. The highest BCUT2D eigenvalue weighted by Crippen LogP contribution is 2.21. The van der Waals surface area contributed by atoms with Gasteiger partial charge in [-0.25, -0.2) is 8.42 Å². The summed E-state index contributed by atoms with van der Waals surface area (Å²) in [5.41, 5.74) is 0.639. The molecule has 0 radical (unpaired) electrons. The van der Waals surface area contributed by atoms with Crippen LogP contribution in [-0.4, -0.2) is 75.0 Å². The number of sulfonamides is 1. The fourth-order valence-electron chi connectivity index (χ4n) is 3.53. The van der Waals surface area contributed by atoms with Crippen LogP contribution in [0.15, 0.2) is 29.2 Å². The molecule has 2 saturated heterocycles. The molecule has 0 N–H and O–H groups in total. The summed E-state index contributed by atoms with van der Waals surface area (Å²) >= 11 is 0. The van der Waals surface area contributed by atoms with Crippen LogP contribution in [0.4, 0.5) is 0 Å². The summed E-state index contributed by atoms with van der Waals surface area (Å²) in [5.74, 6) is -0.761. The van der Waals surface area contributed by atoms with E-state index < -0.39 is 16.0 Å². The monoisotopic (exact) mass is 424 g/mol. The van der Waals surface area contributed by atoms with E-state index in [1.807, 2.05) is 6.92 Å². The normalized spacial score (nSPS) is 21.0. The fourth-order valence-corrected chi connectivity index (χ4v) is 5.05. The number of esters is 1. The number of nitrogens with zero attached hydrogens (tertiary/aromatic N) is 2. The van der Waals surface area contributed by atoms with Crippen molar-refractivity contribution in [3.8, 4) is 0 Å². The highest BCUT2D eigenvalue weighted by molar-refractivity contribution is 7.89. The first kappa shape index (κ1) is 21.7. The van der Waals surface area contributed by atoms with Gasteiger partial charge in [0.15, 0.2) is 6.61 Å². The number of carbonyl (C=O) groups is 2. The summed E-state index contributed by atoms with van der Waals surface area (Å²) < 4.78 is 37.3. The maximum Gasteiger partial charge on any atom is 0.310 e. The van der Waals surface area contributed by atoms with Crippen LogP contribution in [0.1, 0.15) is 31.7 Å². The van der Waals surface area contributed by atoms with Crippen molar-refractivity contribution in [3.63, 3.8) is 0 Å². The van der Waals surface area contributed by atoms with Crippen molar-refractivity contribution < 1.29 is 27.5 Å². The molecular formula is C20H28N2O6S. The Kier molecular flexibility index (Phi) is 7.26. The van der Waals surface area contributed by atoms with Crippen molar-refractivity contribution in [1.29, 1.82) is 0 Å². The zero-order valence-electron chi connectivity index (χ0n) is 16.7. The Labute approximate surface area is 171 Å². The number of amides is 1. The third-order valence-electron chi connectivity index (χ3n) is 5.18. The Balaban J connectivity index is 1.50. The van der Waals surface area contributed by atoms with Crippen LogP contribution >= 0.6 is 0 Å². The molecule has 3 rings (SSSR count). The molecule has 1 unspecified atom stereocenters. The SMILES string of the molecule is CC1CN(C(=O)COC(=O)Cc2ccc(S(=O)(=O)N3CCCCC3)cc2)CCO1. The molecule has 0 bridgehead atoms. The minimum absolute atomic E-state index is 0.0170. The highest BCUT2D eigenvalue weighted by atomic mass is 32.2. The molecule has 1 amide bonds. The second kappa shape index (κ2) is 9.69. The molecule has 0 spiro atoms. The lowest BCUT2D eigenvalue weighted by Gasteiger charge is -2.30. The summed E-state index contributed by atoms with van der Waals surface area (Å²) in [5, 5.41) is 0. The predicted octanol–water partition coefficient (Wildman–Crippen LogP) is 1.19. The molecule has 1 aromatic carbocycles. The number of rotatable bonds is 6. The summed E-state index contributed by atoms with van der Waals surface area (Å²) in [4.78, 5) is 26.0. The topological polar surface area (TPSA) is 93.2 Å². The van der Waals surface area contributed by atoms with Crippen LogP contribution in [0.25, 0.3) is 0 Å². The van der Waals surface area contributed by atoms with Crippen molar-refractivity contribution in [3.05, 3.63) is 29.8 Å². The Morgan fingerprint density at radius 2 is 1.79 bits per heavy atom. The molecule has 2 aliphatic heterocycles. The Morgan fingerprint density at radius 1 is 1.10 bits per heavy atom. The number of carbonyl (C=O) groups excluding carboxylic acids is 2. The van der Waals surface area contributed by atoms with E-state index in [1.54, 1.807) is 17.0 Å². The lowest BCUT2D eigenvalue weighted by molar-refractivity contribution is -0.154. The first-order valence-electron chi connectivity index (χ1n) is 10.0. The molecule has 0 aromatic heterocycles. The molecule has 9 heteroatoms. The van der Waals surface area contributed by atoms with Gasteiger partial charge in [-0.05, 0) is 37.5 Å². The molecule has 2 fully saturated rings. The predicted molar refractivity (Wildman–Crippen MR) is 106 cm³/mol. The van der Waals surface area contributed by atoms with Crippen molar-refractivity contribution in [2.45, 2.75) is 43.6 Å². The molecule has 0 saturated carbocycles. The Bertz CT molecular complexity index is 818. The first-order chi connectivity index (χ1) is 13.9. The van der Waals surface area contributed by atoms with Gasteiger partial charge in [0, 0.05) is 26.2 Å². The number of morpholine rings is 1. The zero-order chi connectivity index (χ0) is 20.9. The van der Waals surface area contributed by atoms with Gasteiger partial charge in [-0.15, -0.1) is 0 Å². The lowest BCUT2D eigenvalue weighted by atomic mass is 10.1. The zero-order valence-corrected chi connectivity index (χ0v) is 17.5. The molecule has 160 valence electrons. The van der Waals surface area contributed by atoms with Crippen LogP contribution in [-0.2, 0) is 35.5 Å². The molecule has 29 heavy (non-hydrogen) atoms. The fraction of sp³-hybridized carbons (Fsp3) is 0.600. The van der Waals surface area contributed by atoms with E-state index >= 15 is 0 Å². The minimum Gasteiger partial charge on any atom is -0.455 e. The molecule has 2 aliphatic rings. The standard InChI is InChI=1S/C20H28N2O6S/c1-16-14-21(11-12-27-16)19(23)15-28-20(24)13-17-5-7-18(8-6-17)29(25,26)22-9-3-2-4-10-22/h5-8,16H,2-4,9-15H2,1H3. The van der Waals surface area contributed by atoms with Gasteiger partial charge in [-0.3, -0.25) is 9.59 Å². The van der Waals surface area contributed by atoms with Crippen molar-refractivity contribution in [2.75, 3.05) is 39.4 Å². The highest BCUT2D eigenvalue weighted by Gasteiger charge is 2.26. The van der Waals surface area contributed by atoms with Gasteiger partial charge >= 0.3 is 5.97 Å². The van der Waals surface area contributed by atoms with Crippen LogP contribution in [0, 0.1) is 0 Å². The van der Waals surface area contributed by atoms with E-state index in [2.05, 4.69) is 0 Å². The number of hydrogen-bond acceptors (Lipinski definition) is 6. The third-order valence-corrected chi connectivity index (χ3v) is 7.09. The van der Waals surface area contributed by atoms with Gasteiger partial charge in [0.05, 0.1) is 24.0 Å². The van der Waals surface area contributed by atoms with Gasteiger partial charge < -0.3 is 14.4 Å². The van der Waals surface area contributed by atoms with E-state index in [9.17, 15) is 18.0 Å². The van der Waals surface area contributed by atoms with Crippen molar-refractivity contribution in [1.82, 2.24) is 9.21 Å². The number of hydrogen-bond donors (Lipinski definition) is 0. The van der Waals surface area contributed by atoms with E-state index in [0.29, 0.717) is 38.3 Å².